The second kappa shape index (κ2) is 2.77. The van der Waals surface area contributed by atoms with E-state index >= 15 is 0 Å². The number of hydrogen-bond donors (Lipinski definition) is 1. The van der Waals surface area contributed by atoms with E-state index in [2.05, 4.69) is 40.3 Å². The van der Waals surface area contributed by atoms with Crippen LogP contribution in [0.1, 0.15) is 27.7 Å². The van der Waals surface area contributed by atoms with Gasteiger partial charge in [0.25, 0.3) is 0 Å². The highest BCUT2D eigenvalue weighted by molar-refractivity contribution is 7.80. The Bertz CT molecular complexity index is 64.8. The Morgan fingerprint density at radius 3 is 1.75 bits per heavy atom. The fourth-order valence-electron chi connectivity index (χ4n) is 0.183. The number of rotatable bonds is 2. The Hall–Kier alpha value is 0.350. The van der Waals surface area contributed by atoms with Gasteiger partial charge in [0.2, 0.25) is 0 Å². The van der Waals surface area contributed by atoms with Gasteiger partial charge in [0.15, 0.2) is 0 Å². The molecule has 50 valence electrons. The maximum absolute atomic E-state index is 4.24. The molecule has 0 atom stereocenters. The third kappa shape index (κ3) is 2.08. The largest absolute Gasteiger partial charge is 0.179 e. The lowest BCUT2D eigenvalue weighted by Crippen LogP contribution is -2.20. The molecule has 0 aromatic heterocycles. The molecule has 0 bridgehead atoms. The molecule has 0 unspecified atom stereocenters. The molecule has 0 fully saturated rings. The van der Waals surface area contributed by atoms with E-state index in [4.69, 9.17) is 0 Å². The molecule has 0 aromatic rings. The van der Waals surface area contributed by atoms with Crippen molar-refractivity contribution < 1.29 is 0 Å². The third-order valence-electron chi connectivity index (χ3n) is 1.97. The van der Waals surface area contributed by atoms with Crippen molar-refractivity contribution in [2.45, 2.75) is 27.7 Å². The smallest absolute Gasteiger partial charge is 0.00440 e. The van der Waals surface area contributed by atoms with Crippen LogP contribution in [0.15, 0.2) is 0 Å². The van der Waals surface area contributed by atoms with Crippen LogP contribution in [-0.4, -0.2) is 5.75 Å². The first-order valence-electron chi connectivity index (χ1n) is 3.11. The Morgan fingerprint density at radius 2 is 1.75 bits per heavy atom. The molecule has 0 amide bonds. The summed E-state index contributed by atoms with van der Waals surface area (Å²) < 4.78 is 0. The molecule has 0 aliphatic carbocycles. The van der Waals surface area contributed by atoms with Gasteiger partial charge < -0.3 is 0 Å². The summed E-state index contributed by atoms with van der Waals surface area (Å²) in [5.74, 6) is 1.71. The Labute approximate surface area is 58.1 Å². The predicted octanol–water partition coefficient (Wildman–Crippen LogP) is 2.60. The summed E-state index contributed by atoms with van der Waals surface area (Å²) in [6.45, 7) is 8.95. The highest BCUT2D eigenvalue weighted by Crippen LogP contribution is 2.26. The second-order valence-electron chi connectivity index (χ2n) is 3.30. The van der Waals surface area contributed by atoms with Crippen molar-refractivity contribution in [1.82, 2.24) is 0 Å². The summed E-state index contributed by atoms with van der Waals surface area (Å²) in [5, 5.41) is 0. The highest BCUT2D eigenvalue weighted by atomic mass is 32.1. The van der Waals surface area contributed by atoms with Gasteiger partial charge in [0.1, 0.15) is 0 Å². The second-order valence-corrected chi connectivity index (χ2v) is 3.62. The molecule has 0 aromatic carbocycles. The first kappa shape index (κ1) is 8.35. The lowest BCUT2D eigenvalue weighted by atomic mass is 9.83. The van der Waals surface area contributed by atoms with Crippen molar-refractivity contribution in [3.05, 3.63) is 0 Å². The van der Waals surface area contributed by atoms with Crippen LogP contribution in [0.4, 0.5) is 0 Å². The van der Waals surface area contributed by atoms with E-state index in [1.165, 1.54) is 0 Å². The van der Waals surface area contributed by atoms with E-state index in [0.717, 1.165) is 11.7 Å². The maximum atomic E-state index is 4.24. The lowest BCUT2D eigenvalue weighted by Gasteiger charge is -2.26. The summed E-state index contributed by atoms with van der Waals surface area (Å²) >= 11 is 4.24. The average Bonchev–Trinajstić information content (AvgIpc) is 1.67. The van der Waals surface area contributed by atoms with E-state index < -0.39 is 0 Å². The maximum Gasteiger partial charge on any atom is -0.00440 e. The van der Waals surface area contributed by atoms with Crippen molar-refractivity contribution in [1.29, 1.82) is 0 Å². The third-order valence-corrected chi connectivity index (χ3v) is 2.79. The van der Waals surface area contributed by atoms with Crippen LogP contribution in [0.2, 0.25) is 0 Å². The SMILES string of the molecule is CC(C)C(C)(C)CS. The average molecular weight is 132 g/mol. The summed E-state index contributed by atoms with van der Waals surface area (Å²) in [7, 11) is 0. The fraction of sp³-hybridized carbons (Fsp3) is 1.00. The number of thiol groups is 1. The van der Waals surface area contributed by atoms with Gasteiger partial charge >= 0.3 is 0 Å². The molecule has 0 heterocycles. The van der Waals surface area contributed by atoms with E-state index in [0.29, 0.717) is 5.41 Å². The van der Waals surface area contributed by atoms with E-state index in [1.54, 1.807) is 0 Å². The molecule has 0 N–H and O–H groups in total. The topological polar surface area (TPSA) is 0 Å². The minimum Gasteiger partial charge on any atom is -0.179 e. The van der Waals surface area contributed by atoms with Gasteiger partial charge in [0.05, 0.1) is 0 Å². The van der Waals surface area contributed by atoms with Gasteiger partial charge in [-0.1, -0.05) is 27.7 Å². The molecule has 0 aliphatic rings. The molecule has 0 radical (unpaired) electrons. The Kier molecular flexibility index (Phi) is 2.89. The zero-order valence-electron chi connectivity index (χ0n) is 6.23. The Morgan fingerprint density at radius 1 is 1.38 bits per heavy atom. The molecule has 0 saturated heterocycles. The van der Waals surface area contributed by atoms with Gasteiger partial charge in [-0.05, 0) is 17.1 Å². The summed E-state index contributed by atoms with van der Waals surface area (Å²) in [6, 6.07) is 0. The van der Waals surface area contributed by atoms with Crippen molar-refractivity contribution in [3.63, 3.8) is 0 Å². The van der Waals surface area contributed by atoms with Crippen LogP contribution in [-0.2, 0) is 0 Å². The minimum atomic E-state index is 0.406. The van der Waals surface area contributed by atoms with Crippen LogP contribution in [0.3, 0.4) is 0 Å². The predicted molar refractivity (Wildman–Crippen MR) is 42.5 cm³/mol. The zero-order chi connectivity index (χ0) is 6.78. The van der Waals surface area contributed by atoms with Crippen LogP contribution < -0.4 is 0 Å². The van der Waals surface area contributed by atoms with E-state index in [9.17, 15) is 0 Å². The Balaban J connectivity index is 3.71. The van der Waals surface area contributed by atoms with E-state index in [1.807, 2.05) is 0 Å². The van der Waals surface area contributed by atoms with Crippen molar-refractivity contribution >= 4 is 12.6 Å². The van der Waals surface area contributed by atoms with E-state index in [-0.39, 0.29) is 0 Å². The molecular weight excluding hydrogens is 116 g/mol. The zero-order valence-corrected chi connectivity index (χ0v) is 7.13. The molecule has 0 nitrogen and oxygen atoms in total. The normalized spacial score (nSPS) is 12.8. The molecule has 0 rings (SSSR count). The lowest BCUT2D eigenvalue weighted by molar-refractivity contribution is 0.292. The molecule has 1 heteroatoms. The van der Waals surface area contributed by atoms with Crippen LogP contribution in [0.25, 0.3) is 0 Å². The minimum absolute atomic E-state index is 0.406. The quantitative estimate of drug-likeness (QED) is 0.549. The summed E-state index contributed by atoms with van der Waals surface area (Å²) in [4.78, 5) is 0. The first-order valence-corrected chi connectivity index (χ1v) is 3.75. The molecule has 0 spiro atoms. The van der Waals surface area contributed by atoms with Gasteiger partial charge in [-0.3, -0.25) is 0 Å². The van der Waals surface area contributed by atoms with Crippen molar-refractivity contribution in [2.75, 3.05) is 5.75 Å². The molecule has 8 heavy (non-hydrogen) atoms. The van der Waals surface area contributed by atoms with Gasteiger partial charge in [-0.15, -0.1) is 0 Å². The molecule has 0 aliphatic heterocycles. The highest BCUT2D eigenvalue weighted by Gasteiger charge is 2.19. The van der Waals surface area contributed by atoms with Crippen LogP contribution in [0.5, 0.6) is 0 Å². The first-order chi connectivity index (χ1) is 3.50. The van der Waals surface area contributed by atoms with Crippen LogP contribution in [0, 0.1) is 11.3 Å². The van der Waals surface area contributed by atoms with Crippen molar-refractivity contribution in [2.24, 2.45) is 11.3 Å². The van der Waals surface area contributed by atoms with Gasteiger partial charge in [-0.2, -0.15) is 12.6 Å². The summed E-state index contributed by atoms with van der Waals surface area (Å²) in [6.07, 6.45) is 0. The monoisotopic (exact) mass is 132 g/mol. The fourth-order valence-corrected chi connectivity index (χ4v) is 0.548. The van der Waals surface area contributed by atoms with Crippen LogP contribution >= 0.6 is 12.6 Å². The molecule has 0 saturated carbocycles. The van der Waals surface area contributed by atoms with Crippen molar-refractivity contribution in [3.8, 4) is 0 Å². The number of hydrogen-bond acceptors (Lipinski definition) is 1. The standard InChI is InChI=1S/C7H16S/c1-6(2)7(3,4)5-8/h6,8H,5H2,1-4H3. The summed E-state index contributed by atoms with van der Waals surface area (Å²) in [5.41, 5.74) is 0.406. The van der Waals surface area contributed by atoms with Gasteiger partial charge in [-0.25, -0.2) is 0 Å². The molecular formula is C7H16S. The van der Waals surface area contributed by atoms with Gasteiger partial charge in [0, 0.05) is 0 Å².